The molecule has 98 valence electrons. The normalized spacial score (nSPS) is 12.2. The maximum absolute atomic E-state index is 12.4. The maximum Gasteiger partial charge on any atom is 0.252 e. The van der Waals surface area contributed by atoms with Crippen LogP contribution in [0.1, 0.15) is 38.7 Å². The van der Waals surface area contributed by atoms with Crippen molar-refractivity contribution in [2.24, 2.45) is 0 Å². The Morgan fingerprint density at radius 1 is 1.24 bits per heavy atom. The molecule has 1 heterocycles. The zero-order valence-corrected chi connectivity index (χ0v) is 12.4. The van der Waals surface area contributed by atoms with E-state index < -0.39 is 10.0 Å². The van der Waals surface area contributed by atoms with Crippen LogP contribution in [-0.4, -0.2) is 25.8 Å². The highest BCUT2D eigenvalue weighted by molar-refractivity contribution is 7.91. The highest BCUT2D eigenvalue weighted by Gasteiger charge is 2.25. The van der Waals surface area contributed by atoms with Gasteiger partial charge in [-0.15, -0.1) is 11.3 Å². The Morgan fingerprint density at radius 2 is 1.94 bits per heavy atom. The Balaban J connectivity index is 2.96. The number of rotatable bonds is 7. The lowest BCUT2D eigenvalue weighted by Gasteiger charge is -2.20. The second-order valence-corrected chi connectivity index (χ2v) is 7.20. The van der Waals surface area contributed by atoms with Gasteiger partial charge >= 0.3 is 0 Å². The Labute approximate surface area is 109 Å². The van der Waals surface area contributed by atoms with E-state index in [0.29, 0.717) is 17.3 Å². The average Bonchev–Trinajstić information content (AvgIpc) is 2.71. The first-order valence-electron chi connectivity index (χ1n) is 6.08. The summed E-state index contributed by atoms with van der Waals surface area (Å²) in [6.45, 7) is 7.18. The number of sulfonamides is 1. The molecule has 0 bridgehead atoms. The van der Waals surface area contributed by atoms with Crippen LogP contribution in [0.4, 0.5) is 0 Å². The van der Waals surface area contributed by atoms with E-state index in [1.54, 1.807) is 4.31 Å². The van der Waals surface area contributed by atoms with Gasteiger partial charge in [-0.1, -0.05) is 20.3 Å². The fraction of sp³-hybridized carbons (Fsp3) is 0.667. The molecule has 5 heteroatoms. The number of hydrogen-bond acceptors (Lipinski definition) is 3. The van der Waals surface area contributed by atoms with E-state index in [9.17, 15) is 8.42 Å². The maximum atomic E-state index is 12.4. The molecule has 0 aliphatic rings. The number of unbranched alkanes of at least 4 members (excludes halogenated alkanes) is 1. The molecule has 0 spiro atoms. The minimum Gasteiger partial charge on any atom is -0.206 e. The van der Waals surface area contributed by atoms with E-state index in [2.05, 4.69) is 6.92 Å². The van der Waals surface area contributed by atoms with Crippen molar-refractivity contribution < 1.29 is 8.42 Å². The van der Waals surface area contributed by atoms with E-state index >= 15 is 0 Å². The zero-order valence-electron chi connectivity index (χ0n) is 10.8. The van der Waals surface area contributed by atoms with Crippen molar-refractivity contribution in [1.82, 2.24) is 4.31 Å². The van der Waals surface area contributed by atoms with E-state index in [0.717, 1.165) is 24.8 Å². The van der Waals surface area contributed by atoms with Crippen molar-refractivity contribution in [3.8, 4) is 0 Å². The third kappa shape index (κ3) is 3.53. The summed E-state index contributed by atoms with van der Waals surface area (Å²) in [7, 11) is -3.27. The molecule has 0 atom stereocenters. The summed E-state index contributed by atoms with van der Waals surface area (Å²) in [6.07, 6.45) is 2.79. The SMILES string of the molecule is CCCCN(CCC)S(=O)(=O)c1sccc1C. The van der Waals surface area contributed by atoms with Gasteiger partial charge in [0.15, 0.2) is 0 Å². The Morgan fingerprint density at radius 3 is 2.41 bits per heavy atom. The summed E-state index contributed by atoms with van der Waals surface area (Å²) in [6, 6.07) is 1.86. The molecule has 0 N–H and O–H groups in total. The number of hydrogen-bond donors (Lipinski definition) is 0. The molecule has 0 saturated heterocycles. The van der Waals surface area contributed by atoms with Gasteiger partial charge in [-0.3, -0.25) is 0 Å². The average molecular weight is 275 g/mol. The molecule has 0 unspecified atom stereocenters. The lowest BCUT2D eigenvalue weighted by atomic mass is 10.3. The molecule has 0 aliphatic heterocycles. The van der Waals surface area contributed by atoms with Crippen LogP contribution in [-0.2, 0) is 10.0 Å². The van der Waals surface area contributed by atoms with Gasteiger partial charge in [0.2, 0.25) is 0 Å². The predicted octanol–water partition coefficient (Wildman–Crippen LogP) is 3.26. The van der Waals surface area contributed by atoms with Gasteiger partial charge in [0.05, 0.1) is 0 Å². The third-order valence-electron chi connectivity index (χ3n) is 2.62. The number of thiophene rings is 1. The Bertz CT molecular complexity index is 437. The van der Waals surface area contributed by atoms with Crippen LogP contribution >= 0.6 is 11.3 Å². The molecule has 17 heavy (non-hydrogen) atoms. The highest BCUT2D eigenvalue weighted by Crippen LogP contribution is 2.25. The summed E-state index contributed by atoms with van der Waals surface area (Å²) >= 11 is 1.31. The fourth-order valence-electron chi connectivity index (χ4n) is 1.68. The van der Waals surface area contributed by atoms with Crippen LogP contribution in [0.2, 0.25) is 0 Å². The standard InChI is InChI=1S/C12H21NO2S2/c1-4-6-9-13(8-5-2)17(14,15)12-11(3)7-10-16-12/h7,10H,4-6,8-9H2,1-3H3. The number of nitrogens with zero attached hydrogens (tertiary/aromatic N) is 1. The summed E-state index contributed by atoms with van der Waals surface area (Å²) in [5.74, 6) is 0. The van der Waals surface area contributed by atoms with Crippen LogP contribution < -0.4 is 0 Å². The van der Waals surface area contributed by atoms with Crippen molar-refractivity contribution in [1.29, 1.82) is 0 Å². The summed E-state index contributed by atoms with van der Waals surface area (Å²) < 4.78 is 27.0. The first-order valence-corrected chi connectivity index (χ1v) is 8.40. The molecule has 0 amide bonds. The minimum absolute atomic E-state index is 0.502. The summed E-state index contributed by atoms with van der Waals surface area (Å²) in [4.78, 5) is 0. The van der Waals surface area contributed by atoms with Crippen molar-refractivity contribution in [3.05, 3.63) is 17.0 Å². The lowest BCUT2D eigenvalue weighted by molar-refractivity contribution is 0.403. The third-order valence-corrected chi connectivity index (χ3v) is 6.19. The van der Waals surface area contributed by atoms with Gasteiger partial charge in [0, 0.05) is 13.1 Å². The van der Waals surface area contributed by atoms with Gasteiger partial charge in [0.1, 0.15) is 4.21 Å². The van der Waals surface area contributed by atoms with E-state index in [1.165, 1.54) is 11.3 Å². The predicted molar refractivity (Wildman–Crippen MR) is 73.0 cm³/mol. The summed E-state index contributed by atoms with van der Waals surface area (Å²) in [5.41, 5.74) is 0.854. The smallest absolute Gasteiger partial charge is 0.206 e. The van der Waals surface area contributed by atoms with Crippen molar-refractivity contribution in [2.45, 2.75) is 44.2 Å². The molecule has 0 fully saturated rings. The minimum atomic E-state index is -3.27. The van der Waals surface area contributed by atoms with Crippen LogP contribution in [0.3, 0.4) is 0 Å². The molecule has 0 radical (unpaired) electrons. The Hall–Kier alpha value is -0.390. The monoisotopic (exact) mass is 275 g/mol. The Kier molecular flexibility index (Phi) is 5.62. The van der Waals surface area contributed by atoms with E-state index in [-0.39, 0.29) is 0 Å². The fourth-order valence-corrected chi connectivity index (χ4v) is 4.80. The largest absolute Gasteiger partial charge is 0.252 e. The molecular formula is C12H21NO2S2. The second kappa shape index (κ2) is 6.52. The van der Waals surface area contributed by atoms with Gasteiger partial charge in [0.25, 0.3) is 10.0 Å². The molecular weight excluding hydrogens is 254 g/mol. The zero-order chi connectivity index (χ0) is 12.9. The van der Waals surface area contributed by atoms with Gasteiger partial charge in [-0.25, -0.2) is 8.42 Å². The topological polar surface area (TPSA) is 37.4 Å². The van der Waals surface area contributed by atoms with Crippen LogP contribution in [0.25, 0.3) is 0 Å². The van der Waals surface area contributed by atoms with E-state index in [4.69, 9.17) is 0 Å². The molecule has 1 rings (SSSR count). The molecule has 1 aromatic heterocycles. The van der Waals surface area contributed by atoms with Crippen molar-refractivity contribution in [2.75, 3.05) is 13.1 Å². The first kappa shape index (κ1) is 14.7. The van der Waals surface area contributed by atoms with E-state index in [1.807, 2.05) is 25.3 Å². The van der Waals surface area contributed by atoms with Crippen molar-refractivity contribution in [3.63, 3.8) is 0 Å². The first-order chi connectivity index (χ1) is 8.04. The van der Waals surface area contributed by atoms with Crippen LogP contribution in [0.15, 0.2) is 15.7 Å². The second-order valence-electron chi connectivity index (χ2n) is 4.15. The quantitative estimate of drug-likeness (QED) is 0.766. The molecule has 0 aliphatic carbocycles. The molecule has 1 aromatic rings. The molecule has 3 nitrogen and oxygen atoms in total. The van der Waals surface area contributed by atoms with Crippen LogP contribution in [0, 0.1) is 6.92 Å². The summed E-state index contributed by atoms with van der Waals surface area (Å²) in [5, 5.41) is 1.84. The van der Waals surface area contributed by atoms with Gasteiger partial charge in [-0.2, -0.15) is 4.31 Å². The lowest BCUT2D eigenvalue weighted by Crippen LogP contribution is -2.32. The molecule has 0 saturated carbocycles. The van der Waals surface area contributed by atoms with Crippen molar-refractivity contribution >= 4 is 21.4 Å². The van der Waals surface area contributed by atoms with Crippen LogP contribution in [0.5, 0.6) is 0 Å². The molecule has 0 aromatic carbocycles. The van der Waals surface area contributed by atoms with Gasteiger partial charge in [-0.05, 0) is 36.8 Å². The highest BCUT2D eigenvalue weighted by atomic mass is 32.2. The van der Waals surface area contributed by atoms with Gasteiger partial charge < -0.3 is 0 Å². The number of aryl methyl sites for hydroxylation is 1.